The van der Waals surface area contributed by atoms with E-state index in [1.807, 2.05) is 18.4 Å². The minimum Gasteiger partial charge on any atom is -0.378 e. The highest BCUT2D eigenvalue weighted by Gasteiger charge is 2.31. The summed E-state index contributed by atoms with van der Waals surface area (Å²) in [6, 6.07) is 0.730. The predicted octanol–water partition coefficient (Wildman–Crippen LogP) is 2.39. The molecule has 1 aliphatic rings. The lowest BCUT2D eigenvalue weighted by atomic mass is 10.4. The lowest BCUT2D eigenvalue weighted by molar-refractivity contribution is 0.181. The summed E-state index contributed by atoms with van der Waals surface area (Å²) in [6.07, 6.45) is 3.82. The van der Waals surface area contributed by atoms with Crippen LogP contribution in [0.1, 0.15) is 36.8 Å². The van der Waals surface area contributed by atoms with Gasteiger partial charge in [0.05, 0.1) is 12.3 Å². The number of methoxy groups -OCH3 is 1. The SMILES string of the molecule is CCCN(c1nc(COC)c(CNC)s1)C1CC1. The van der Waals surface area contributed by atoms with Gasteiger partial charge in [-0.1, -0.05) is 6.92 Å². The van der Waals surface area contributed by atoms with Crippen molar-refractivity contribution >= 4 is 16.5 Å². The first-order valence-corrected chi connectivity index (χ1v) is 7.50. The van der Waals surface area contributed by atoms with Gasteiger partial charge in [0, 0.05) is 31.1 Å². The number of aromatic nitrogens is 1. The largest absolute Gasteiger partial charge is 0.378 e. The second-order valence-corrected chi connectivity index (χ2v) is 5.82. The van der Waals surface area contributed by atoms with Gasteiger partial charge in [0.25, 0.3) is 0 Å². The van der Waals surface area contributed by atoms with Gasteiger partial charge in [-0.3, -0.25) is 0 Å². The molecule has 0 aliphatic heterocycles. The summed E-state index contributed by atoms with van der Waals surface area (Å²) in [4.78, 5) is 8.56. The normalized spacial score (nSPS) is 15.1. The summed E-state index contributed by atoms with van der Waals surface area (Å²) in [5, 5.41) is 4.39. The summed E-state index contributed by atoms with van der Waals surface area (Å²) < 4.78 is 5.24. The van der Waals surface area contributed by atoms with Gasteiger partial charge in [-0.2, -0.15) is 0 Å². The fourth-order valence-electron chi connectivity index (χ4n) is 2.10. The Kier molecular flexibility index (Phi) is 4.97. The van der Waals surface area contributed by atoms with Crippen molar-refractivity contribution in [3.05, 3.63) is 10.6 Å². The number of ether oxygens (including phenoxy) is 1. The molecule has 0 atom stereocenters. The van der Waals surface area contributed by atoms with E-state index in [2.05, 4.69) is 17.1 Å². The van der Waals surface area contributed by atoms with Crippen molar-refractivity contribution in [1.29, 1.82) is 0 Å². The summed E-state index contributed by atoms with van der Waals surface area (Å²) in [6.45, 7) is 4.83. The zero-order chi connectivity index (χ0) is 13.0. The lowest BCUT2D eigenvalue weighted by Crippen LogP contribution is -2.26. The van der Waals surface area contributed by atoms with Crippen LogP contribution in [0.5, 0.6) is 0 Å². The molecule has 102 valence electrons. The molecular formula is C13H23N3OS. The van der Waals surface area contributed by atoms with Gasteiger partial charge in [-0.05, 0) is 26.3 Å². The molecule has 1 N–H and O–H groups in total. The third kappa shape index (κ3) is 3.22. The Bertz CT molecular complexity index is 353. The molecule has 1 aromatic heterocycles. The molecule has 0 aromatic carbocycles. The van der Waals surface area contributed by atoms with Crippen molar-refractivity contribution in [3.63, 3.8) is 0 Å². The first kappa shape index (κ1) is 13.8. The van der Waals surface area contributed by atoms with E-state index < -0.39 is 0 Å². The zero-order valence-electron chi connectivity index (χ0n) is 11.5. The van der Waals surface area contributed by atoms with Gasteiger partial charge in [-0.15, -0.1) is 11.3 Å². The molecule has 0 bridgehead atoms. The Hall–Kier alpha value is -0.650. The summed E-state index contributed by atoms with van der Waals surface area (Å²) in [5.41, 5.74) is 1.09. The Morgan fingerprint density at radius 3 is 2.83 bits per heavy atom. The van der Waals surface area contributed by atoms with Crippen LogP contribution in [0.2, 0.25) is 0 Å². The molecule has 1 heterocycles. The highest BCUT2D eigenvalue weighted by Crippen LogP contribution is 2.35. The lowest BCUT2D eigenvalue weighted by Gasteiger charge is -2.20. The average Bonchev–Trinajstić information content (AvgIpc) is 3.12. The first-order chi connectivity index (χ1) is 8.80. The van der Waals surface area contributed by atoms with Crippen LogP contribution < -0.4 is 10.2 Å². The molecule has 5 heteroatoms. The second kappa shape index (κ2) is 6.50. The number of nitrogens with zero attached hydrogens (tertiary/aromatic N) is 2. The Balaban J connectivity index is 2.17. The van der Waals surface area contributed by atoms with E-state index in [1.54, 1.807) is 7.11 Å². The molecule has 1 fully saturated rings. The van der Waals surface area contributed by atoms with Crippen LogP contribution in [0.3, 0.4) is 0 Å². The van der Waals surface area contributed by atoms with E-state index in [9.17, 15) is 0 Å². The van der Waals surface area contributed by atoms with Crippen LogP contribution in [-0.2, 0) is 17.9 Å². The first-order valence-electron chi connectivity index (χ1n) is 6.68. The number of anilines is 1. The van der Waals surface area contributed by atoms with Crippen molar-refractivity contribution in [1.82, 2.24) is 10.3 Å². The van der Waals surface area contributed by atoms with E-state index in [4.69, 9.17) is 9.72 Å². The van der Waals surface area contributed by atoms with Crippen LogP contribution >= 0.6 is 11.3 Å². The summed E-state index contributed by atoms with van der Waals surface area (Å²) >= 11 is 1.81. The quantitative estimate of drug-likeness (QED) is 0.786. The topological polar surface area (TPSA) is 37.4 Å². The van der Waals surface area contributed by atoms with Crippen molar-refractivity contribution in [3.8, 4) is 0 Å². The monoisotopic (exact) mass is 269 g/mol. The van der Waals surface area contributed by atoms with Gasteiger partial charge in [-0.25, -0.2) is 4.98 Å². The average molecular weight is 269 g/mol. The molecule has 0 saturated heterocycles. The molecule has 0 amide bonds. The number of rotatable bonds is 8. The Morgan fingerprint density at radius 1 is 1.50 bits per heavy atom. The highest BCUT2D eigenvalue weighted by atomic mass is 32.1. The maximum absolute atomic E-state index is 5.24. The van der Waals surface area contributed by atoms with Crippen molar-refractivity contribution < 1.29 is 4.74 Å². The number of hydrogen-bond acceptors (Lipinski definition) is 5. The van der Waals surface area contributed by atoms with Gasteiger partial charge in [0.1, 0.15) is 0 Å². The molecular weight excluding hydrogens is 246 g/mol. The molecule has 4 nitrogen and oxygen atoms in total. The van der Waals surface area contributed by atoms with E-state index in [0.717, 1.165) is 24.8 Å². The number of thiazole rings is 1. The molecule has 0 unspecified atom stereocenters. The standard InChI is InChI=1S/C13H23N3OS/c1-4-7-16(10-5-6-10)13-15-11(9-17-3)12(18-13)8-14-2/h10,14H,4-9H2,1-3H3. The molecule has 2 rings (SSSR count). The smallest absolute Gasteiger partial charge is 0.186 e. The van der Waals surface area contributed by atoms with Gasteiger partial charge >= 0.3 is 0 Å². The minimum absolute atomic E-state index is 0.609. The van der Waals surface area contributed by atoms with Crippen LogP contribution in [0.4, 0.5) is 5.13 Å². The predicted molar refractivity (Wildman–Crippen MR) is 76.2 cm³/mol. The van der Waals surface area contributed by atoms with E-state index in [-0.39, 0.29) is 0 Å². The van der Waals surface area contributed by atoms with Crippen LogP contribution in [0.15, 0.2) is 0 Å². The maximum Gasteiger partial charge on any atom is 0.186 e. The molecule has 1 aliphatic carbocycles. The summed E-state index contributed by atoms with van der Waals surface area (Å²) in [7, 11) is 3.70. The third-order valence-electron chi connectivity index (χ3n) is 3.08. The Morgan fingerprint density at radius 2 is 2.28 bits per heavy atom. The van der Waals surface area contributed by atoms with Crippen LogP contribution in [0.25, 0.3) is 0 Å². The fraction of sp³-hybridized carbons (Fsp3) is 0.769. The Labute approximate surface area is 113 Å². The zero-order valence-corrected chi connectivity index (χ0v) is 12.3. The molecule has 0 spiro atoms. The molecule has 18 heavy (non-hydrogen) atoms. The van der Waals surface area contributed by atoms with E-state index in [0.29, 0.717) is 6.61 Å². The van der Waals surface area contributed by atoms with Crippen molar-refractivity contribution in [2.24, 2.45) is 0 Å². The van der Waals surface area contributed by atoms with Crippen LogP contribution in [0, 0.1) is 0 Å². The molecule has 1 saturated carbocycles. The molecule has 1 aromatic rings. The number of hydrogen-bond donors (Lipinski definition) is 1. The number of nitrogens with one attached hydrogen (secondary N) is 1. The highest BCUT2D eigenvalue weighted by molar-refractivity contribution is 7.15. The minimum atomic E-state index is 0.609. The van der Waals surface area contributed by atoms with Crippen LogP contribution in [-0.4, -0.2) is 31.7 Å². The maximum atomic E-state index is 5.24. The van der Waals surface area contributed by atoms with Crippen molar-refractivity contribution in [2.45, 2.75) is 45.4 Å². The fourth-order valence-corrected chi connectivity index (χ4v) is 3.27. The molecule has 0 radical (unpaired) electrons. The third-order valence-corrected chi connectivity index (χ3v) is 4.22. The van der Waals surface area contributed by atoms with Gasteiger partial charge < -0.3 is 15.0 Å². The van der Waals surface area contributed by atoms with E-state index >= 15 is 0 Å². The summed E-state index contributed by atoms with van der Waals surface area (Å²) in [5.74, 6) is 0. The van der Waals surface area contributed by atoms with E-state index in [1.165, 1.54) is 29.3 Å². The van der Waals surface area contributed by atoms with Gasteiger partial charge in [0.15, 0.2) is 5.13 Å². The second-order valence-electron chi connectivity index (χ2n) is 4.75. The van der Waals surface area contributed by atoms with Crippen molar-refractivity contribution in [2.75, 3.05) is 25.6 Å². The van der Waals surface area contributed by atoms with Gasteiger partial charge in [0.2, 0.25) is 0 Å².